The Labute approximate surface area is 207 Å². The molecule has 0 saturated carbocycles. The molecule has 34 heavy (non-hydrogen) atoms. The van der Waals surface area contributed by atoms with Gasteiger partial charge in [0.15, 0.2) is 0 Å². The predicted octanol–water partition coefficient (Wildman–Crippen LogP) is 6.08. The molecule has 0 spiro atoms. The Bertz CT molecular complexity index is 1490. The van der Waals surface area contributed by atoms with Gasteiger partial charge >= 0.3 is 0 Å². The number of ether oxygens (including phenoxy) is 1. The van der Waals surface area contributed by atoms with Crippen molar-refractivity contribution in [2.24, 2.45) is 0 Å². The van der Waals surface area contributed by atoms with Crippen LogP contribution in [-0.4, -0.2) is 32.8 Å². The van der Waals surface area contributed by atoms with Gasteiger partial charge in [-0.1, -0.05) is 34.5 Å². The molecular weight excluding hydrogens is 497 g/mol. The first-order valence-electron chi connectivity index (χ1n) is 9.89. The lowest BCUT2D eigenvalue weighted by Crippen LogP contribution is -2.09. The van der Waals surface area contributed by atoms with Gasteiger partial charge in [-0.25, -0.2) is 0 Å². The van der Waals surface area contributed by atoms with Gasteiger partial charge in [0.25, 0.3) is 0 Å². The van der Waals surface area contributed by atoms with Gasteiger partial charge in [-0.05, 0) is 54.6 Å². The van der Waals surface area contributed by atoms with Crippen LogP contribution < -0.4 is 10.1 Å². The second kappa shape index (κ2) is 9.30. The van der Waals surface area contributed by atoms with Crippen molar-refractivity contribution in [3.8, 4) is 27.6 Å². The van der Waals surface area contributed by atoms with E-state index in [9.17, 15) is 4.79 Å². The third-order valence-electron chi connectivity index (χ3n) is 4.76. The van der Waals surface area contributed by atoms with E-state index in [1.165, 1.54) is 30.8 Å². The van der Waals surface area contributed by atoms with Gasteiger partial charge in [-0.15, -0.1) is 10.2 Å². The topological polar surface area (TPSA) is 94.5 Å². The molecule has 3 heterocycles. The average Bonchev–Trinajstić information content (AvgIpc) is 3.53. The average molecular weight is 512 g/mol. The Morgan fingerprint density at radius 2 is 1.94 bits per heavy atom. The Morgan fingerprint density at radius 1 is 1.12 bits per heavy atom. The number of carbonyl (C=O) groups excluding carboxylic acids is 1. The van der Waals surface area contributed by atoms with Crippen LogP contribution in [0, 0.1) is 0 Å². The van der Waals surface area contributed by atoms with Crippen LogP contribution in [0.1, 0.15) is 5.76 Å². The van der Waals surface area contributed by atoms with E-state index < -0.39 is 0 Å². The van der Waals surface area contributed by atoms with E-state index in [0.29, 0.717) is 38.0 Å². The molecule has 3 aromatic heterocycles. The number of anilines is 1. The molecule has 0 atom stereocenters. The van der Waals surface area contributed by atoms with Gasteiger partial charge in [0, 0.05) is 27.2 Å². The quantitative estimate of drug-likeness (QED) is 0.277. The van der Waals surface area contributed by atoms with Crippen molar-refractivity contribution in [3.63, 3.8) is 0 Å². The number of hydrogen-bond donors (Lipinski definition) is 1. The highest BCUT2D eigenvalue weighted by atomic mass is 35.5. The van der Waals surface area contributed by atoms with Crippen LogP contribution in [-0.2, 0) is 4.79 Å². The Morgan fingerprint density at radius 3 is 2.71 bits per heavy atom. The van der Waals surface area contributed by atoms with E-state index in [0.717, 1.165) is 16.1 Å². The SMILES string of the molecule is COc1ccc(-c2nn3cnnc3s2)cc1NC(=O)/C=C/c1ccc(-c2cc(Cl)cc(Cl)c2)o1. The van der Waals surface area contributed by atoms with E-state index >= 15 is 0 Å². The third-order valence-corrected chi connectivity index (χ3v) is 6.16. The number of halogens is 2. The number of nitrogens with zero attached hydrogens (tertiary/aromatic N) is 4. The standard InChI is InChI=1S/C23H15Cl2N5O3S/c1-32-20-5-2-13(22-29-30-12-26-28-23(30)34-22)10-18(20)27-21(31)7-4-17-3-6-19(33-17)14-8-15(24)11-16(25)9-14/h2-12H,1H3,(H,27,31)/b7-4+. The first-order valence-corrected chi connectivity index (χ1v) is 11.5. The van der Waals surface area contributed by atoms with E-state index in [1.54, 1.807) is 53.1 Å². The number of hydrogen-bond acceptors (Lipinski definition) is 7. The first-order chi connectivity index (χ1) is 16.5. The lowest BCUT2D eigenvalue weighted by Gasteiger charge is -2.10. The summed E-state index contributed by atoms with van der Waals surface area (Å²) < 4.78 is 12.8. The van der Waals surface area contributed by atoms with Crippen molar-refractivity contribution in [3.05, 3.63) is 76.7 Å². The fourth-order valence-corrected chi connectivity index (χ4v) is 4.58. The summed E-state index contributed by atoms with van der Waals surface area (Å²) in [5.74, 6) is 1.26. The molecular formula is C23H15Cl2N5O3S. The minimum Gasteiger partial charge on any atom is -0.495 e. The fourth-order valence-electron chi connectivity index (χ4n) is 3.24. The molecule has 0 fully saturated rings. The number of amides is 1. The summed E-state index contributed by atoms with van der Waals surface area (Å²) in [5.41, 5.74) is 2.06. The molecule has 0 bridgehead atoms. The minimum atomic E-state index is -0.350. The van der Waals surface area contributed by atoms with Gasteiger partial charge in [-0.2, -0.15) is 9.61 Å². The highest BCUT2D eigenvalue weighted by Crippen LogP contribution is 2.33. The van der Waals surface area contributed by atoms with Crippen molar-refractivity contribution < 1.29 is 13.9 Å². The summed E-state index contributed by atoms with van der Waals surface area (Å²) in [6, 6.07) is 14.1. The molecule has 0 unspecified atom stereocenters. The molecule has 1 N–H and O–H groups in total. The first kappa shape index (κ1) is 22.1. The van der Waals surface area contributed by atoms with Crippen molar-refractivity contribution in [2.75, 3.05) is 12.4 Å². The number of aromatic nitrogens is 4. The van der Waals surface area contributed by atoms with Crippen LogP contribution in [0.5, 0.6) is 5.75 Å². The number of rotatable bonds is 6. The van der Waals surface area contributed by atoms with Gasteiger partial charge in [0.2, 0.25) is 10.9 Å². The molecule has 8 nitrogen and oxygen atoms in total. The lowest BCUT2D eigenvalue weighted by atomic mass is 10.2. The number of methoxy groups -OCH3 is 1. The minimum absolute atomic E-state index is 0.350. The number of furan rings is 1. The zero-order chi connectivity index (χ0) is 23.7. The van der Waals surface area contributed by atoms with Gasteiger partial charge in [0.05, 0.1) is 12.8 Å². The molecule has 5 rings (SSSR count). The predicted molar refractivity (Wildman–Crippen MR) is 132 cm³/mol. The molecule has 2 aromatic carbocycles. The highest BCUT2D eigenvalue weighted by molar-refractivity contribution is 7.19. The van der Waals surface area contributed by atoms with Gasteiger partial charge in [0.1, 0.15) is 28.6 Å². The van der Waals surface area contributed by atoms with Crippen LogP contribution in [0.15, 0.2) is 65.4 Å². The van der Waals surface area contributed by atoms with Crippen LogP contribution >= 0.6 is 34.5 Å². The normalized spacial score (nSPS) is 11.4. The summed E-state index contributed by atoms with van der Waals surface area (Å²) in [6.45, 7) is 0. The number of carbonyl (C=O) groups is 1. The number of nitrogens with one attached hydrogen (secondary N) is 1. The fraction of sp³-hybridized carbons (Fsp3) is 0.0435. The van der Waals surface area contributed by atoms with Crippen molar-refractivity contribution in [2.45, 2.75) is 0 Å². The summed E-state index contributed by atoms with van der Waals surface area (Å²) >= 11 is 13.5. The summed E-state index contributed by atoms with van der Waals surface area (Å²) in [5, 5.41) is 16.8. The maximum atomic E-state index is 12.6. The van der Waals surface area contributed by atoms with Gasteiger partial charge < -0.3 is 14.5 Å². The van der Waals surface area contributed by atoms with Crippen molar-refractivity contribution >= 4 is 57.2 Å². The van der Waals surface area contributed by atoms with Crippen molar-refractivity contribution in [1.82, 2.24) is 19.8 Å². The molecule has 0 aliphatic carbocycles. The molecule has 1 amide bonds. The molecule has 0 aliphatic rings. The third kappa shape index (κ3) is 4.67. The molecule has 0 radical (unpaired) electrons. The second-order valence-electron chi connectivity index (χ2n) is 7.06. The van der Waals surface area contributed by atoms with E-state index in [-0.39, 0.29) is 5.91 Å². The summed E-state index contributed by atoms with van der Waals surface area (Å²) in [6.07, 6.45) is 4.49. The summed E-state index contributed by atoms with van der Waals surface area (Å²) in [7, 11) is 1.54. The second-order valence-corrected chi connectivity index (χ2v) is 8.89. The summed E-state index contributed by atoms with van der Waals surface area (Å²) in [4.78, 5) is 13.3. The lowest BCUT2D eigenvalue weighted by molar-refractivity contribution is -0.111. The Balaban J connectivity index is 1.33. The van der Waals surface area contributed by atoms with E-state index in [1.807, 2.05) is 6.07 Å². The van der Waals surface area contributed by atoms with E-state index in [2.05, 4.69) is 20.6 Å². The molecule has 0 aliphatic heterocycles. The molecule has 170 valence electrons. The zero-order valence-corrected chi connectivity index (χ0v) is 19.9. The molecule has 0 saturated heterocycles. The highest BCUT2D eigenvalue weighted by Gasteiger charge is 2.13. The number of fused-ring (bicyclic) bond motifs is 1. The maximum absolute atomic E-state index is 12.6. The zero-order valence-electron chi connectivity index (χ0n) is 17.5. The van der Waals surface area contributed by atoms with Gasteiger partial charge in [-0.3, -0.25) is 4.79 Å². The maximum Gasteiger partial charge on any atom is 0.248 e. The van der Waals surface area contributed by atoms with Crippen LogP contribution in [0.3, 0.4) is 0 Å². The largest absolute Gasteiger partial charge is 0.495 e. The van der Waals surface area contributed by atoms with Crippen LogP contribution in [0.4, 0.5) is 5.69 Å². The number of benzene rings is 2. The monoisotopic (exact) mass is 511 g/mol. The molecule has 5 aromatic rings. The Kier molecular flexibility index (Phi) is 6.06. The smallest absolute Gasteiger partial charge is 0.248 e. The van der Waals surface area contributed by atoms with Crippen LogP contribution in [0.25, 0.3) is 32.9 Å². The van der Waals surface area contributed by atoms with Crippen molar-refractivity contribution in [1.29, 1.82) is 0 Å². The van der Waals surface area contributed by atoms with Crippen LogP contribution in [0.2, 0.25) is 10.0 Å². The molecule has 11 heteroatoms. The van der Waals surface area contributed by atoms with E-state index in [4.69, 9.17) is 32.4 Å². The Hall–Kier alpha value is -3.66.